The molecule has 0 amide bonds. The number of aromatic nitrogens is 2. The minimum Gasteiger partial charge on any atom is -0.507 e. The van der Waals surface area contributed by atoms with Crippen LogP contribution < -0.4 is 9.47 Å². The van der Waals surface area contributed by atoms with E-state index in [4.69, 9.17) is 28.6 Å². The first-order valence-corrected chi connectivity index (χ1v) is 29.6. The number of carbonyl (C=O) groups excluding carboxylic acids is 4. The Morgan fingerprint density at radius 2 is 0.756 bits per heavy atom. The lowest BCUT2D eigenvalue weighted by Gasteiger charge is -2.13. The van der Waals surface area contributed by atoms with Gasteiger partial charge < -0.3 is 48.0 Å². The van der Waals surface area contributed by atoms with Gasteiger partial charge in [0.15, 0.2) is 11.6 Å². The standard InChI is InChI=1S/C74H62N4O12/c1-5-87-67-33-27-47-15-7-9-17-53(47)69(67)73(83)51-25-31-63-59(43-51)57-41-49(71(75-89-45(3)79)55-19-11-13-21-65(55)81)23-29-61(57)77(63)35-37-85-39-40-86-38-36-78-62-30-24-50(72(76-90-46(4)80)56-20-12-14-22-66(56)82)42-58(62)60-44-52(26-32-64(60)78)74(84)70-54-18-10-8-16-48(54)28-34-68(70)88-6-2/h7-34,41-44,81-82H,5-6,35-40H2,1-4H3/b75-71-,76-72-. The van der Waals surface area contributed by atoms with E-state index in [9.17, 15) is 29.4 Å². The molecule has 0 radical (unpaired) electrons. The van der Waals surface area contributed by atoms with Crippen molar-refractivity contribution in [2.45, 2.75) is 40.8 Å². The molecule has 12 rings (SSSR count). The lowest BCUT2D eigenvalue weighted by Crippen LogP contribution is -2.12. The van der Waals surface area contributed by atoms with Crippen molar-refractivity contribution in [2.75, 3.05) is 39.6 Å². The van der Waals surface area contributed by atoms with Crippen molar-refractivity contribution in [1.29, 1.82) is 0 Å². The summed E-state index contributed by atoms with van der Waals surface area (Å²) in [6, 6.07) is 59.1. The van der Waals surface area contributed by atoms with Crippen molar-refractivity contribution in [3.05, 3.63) is 239 Å². The molecular formula is C74H62N4O12. The van der Waals surface area contributed by atoms with E-state index in [0.717, 1.165) is 65.2 Å². The second-order valence-corrected chi connectivity index (χ2v) is 21.4. The third-order valence-electron chi connectivity index (χ3n) is 15.8. The summed E-state index contributed by atoms with van der Waals surface area (Å²) in [6.45, 7) is 9.06. The van der Waals surface area contributed by atoms with E-state index in [1.807, 2.05) is 159 Å². The first-order chi connectivity index (χ1) is 43.9. The highest BCUT2D eigenvalue weighted by Gasteiger charge is 2.25. The van der Waals surface area contributed by atoms with E-state index in [1.54, 1.807) is 36.4 Å². The van der Waals surface area contributed by atoms with E-state index in [2.05, 4.69) is 19.4 Å². The molecule has 0 unspecified atom stereocenters. The van der Waals surface area contributed by atoms with E-state index in [1.165, 1.54) is 26.0 Å². The molecule has 0 saturated heterocycles. The second-order valence-electron chi connectivity index (χ2n) is 21.4. The minimum absolute atomic E-state index is 0.0501. The summed E-state index contributed by atoms with van der Waals surface area (Å²) in [5.74, 6) is -0.767. The van der Waals surface area contributed by atoms with Gasteiger partial charge in [0.2, 0.25) is 0 Å². The zero-order chi connectivity index (χ0) is 62.4. The lowest BCUT2D eigenvalue weighted by molar-refractivity contribution is -0.141. The lowest BCUT2D eigenvalue weighted by atomic mass is 9.95. The summed E-state index contributed by atoms with van der Waals surface area (Å²) < 4.78 is 28.9. The van der Waals surface area contributed by atoms with E-state index in [-0.39, 0.29) is 47.7 Å². The molecule has 0 fully saturated rings. The smallest absolute Gasteiger partial charge is 0.332 e. The molecule has 0 aliphatic rings. The topological polar surface area (TPSA) is 199 Å². The first kappa shape index (κ1) is 59.4. The summed E-state index contributed by atoms with van der Waals surface area (Å²) in [6.07, 6.45) is 0. The van der Waals surface area contributed by atoms with Gasteiger partial charge in [0.05, 0.1) is 50.8 Å². The van der Waals surface area contributed by atoms with E-state index in [0.29, 0.717) is 95.5 Å². The fourth-order valence-electron chi connectivity index (χ4n) is 11.8. The summed E-state index contributed by atoms with van der Waals surface area (Å²) >= 11 is 0. The van der Waals surface area contributed by atoms with E-state index >= 15 is 0 Å². The molecule has 0 saturated carbocycles. The molecule has 16 nitrogen and oxygen atoms in total. The van der Waals surface area contributed by atoms with Crippen LogP contribution in [0, 0.1) is 0 Å². The van der Waals surface area contributed by atoms with Crippen LogP contribution in [-0.4, -0.2) is 93.9 Å². The molecule has 12 aromatic rings. The van der Waals surface area contributed by atoms with Crippen molar-refractivity contribution in [3.63, 3.8) is 0 Å². The van der Waals surface area contributed by atoms with Crippen LogP contribution in [0.4, 0.5) is 0 Å². The molecule has 10 aromatic carbocycles. The number of benzene rings is 10. The molecule has 90 heavy (non-hydrogen) atoms. The van der Waals surface area contributed by atoms with Crippen molar-refractivity contribution in [2.24, 2.45) is 10.3 Å². The third-order valence-corrected chi connectivity index (χ3v) is 15.8. The number of oxime groups is 2. The highest BCUT2D eigenvalue weighted by atomic mass is 16.7. The summed E-state index contributed by atoms with van der Waals surface area (Å²) in [7, 11) is 0. The number of hydrogen-bond acceptors (Lipinski definition) is 14. The number of fused-ring (bicyclic) bond motifs is 8. The first-order valence-electron chi connectivity index (χ1n) is 29.6. The number of ketones is 2. The van der Waals surface area contributed by atoms with Crippen molar-refractivity contribution in [3.8, 4) is 23.0 Å². The van der Waals surface area contributed by atoms with Crippen LogP contribution in [0.15, 0.2) is 204 Å². The van der Waals surface area contributed by atoms with Gasteiger partial charge in [-0.25, -0.2) is 9.59 Å². The number of phenols is 2. The Labute approximate surface area is 517 Å². The van der Waals surface area contributed by atoms with Crippen molar-refractivity contribution >= 4 is 100 Å². The molecule has 16 heteroatoms. The highest BCUT2D eigenvalue weighted by Crippen LogP contribution is 2.38. The van der Waals surface area contributed by atoms with Gasteiger partial charge >= 0.3 is 11.9 Å². The minimum atomic E-state index is -0.626. The zero-order valence-corrected chi connectivity index (χ0v) is 49.9. The molecule has 450 valence electrons. The Balaban J connectivity index is 0.819. The van der Waals surface area contributed by atoms with Gasteiger partial charge in [0.1, 0.15) is 34.4 Å². The maximum atomic E-state index is 14.8. The van der Waals surface area contributed by atoms with Crippen LogP contribution >= 0.6 is 0 Å². The Morgan fingerprint density at radius 3 is 1.13 bits per heavy atom. The molecule has 0 atom stereocenters. The zero-order valence-electron chi connectivity index (χ0n) is 49.9. The molecule has 0 aliphatic carbocycles. The highest BCUT2D eigenvalue weighted by molar-refractivity contribution is 6.24. The molecule has 2 heterocycles. The average Bonchev–Trinajstić information content (AvgIpc) is 1.60. The number of carbonyl (C=O) groups is 4. The maximum absolute atomic E-state index is 14.8. The number of nitrogens with zero attached hydrogens (tertiary/aromatic N) is 4. The Bertz CT molecular complexity index is 4560. The fraction of sp³-hybridized carbons (Fsp3) is 0.162. The number of ether oxygens (including phenoxy) is 4. The molecule has 0 spiro atoms. The SMILES string of the molecule is CCOc1ccc2ccccc2c1C(=O)c1ccc2c(c1)c1cc(/C(=N/OC(C)=O)c3ccccc3O)ccc1n2CCOCCOCCn1c2ccc(C(=O)c3c(OCC)ccc4ccccc34)cc2c2cc(/C(=N/OC(C)=O)c3ccccc3O)ccc21. The number of rotatable bonds is 23. The number of para-hydroxylation sites is 2. The average molecular weight is 1200 g/mol. The predicted molar refractivity (Wildman–Crippen MR) is 349 cm³/mol. The summed E-state index contributed by atoms with van der Waals surface area (Å²) in [4.78, 5) is 64.2. The van der Waals surface area contributed by atoms with Gasteiger partial charge in [-0.05, 0) is 132 Å². The largest absolute Gasteiger partial charge is 0.507 e. The van der Waals surface area contributed by atoms with Crippen molar-refractivity contribution < 1.29 is 58.0 Å². The monoisotopic (exact) mass is 1200 g/mol. The van der Waals surface area contributed by atoms with Crippen LogP contribution in [0.3, 0.4) is 0 Å². The Morgan fingerprint density at radius 1 is 0.400 bits per heavy atom. The van der Waals surface area contributed by atoms with Gasteiger partial charge in [0.25, 0.3) is 0 Å². The van der Waals surface area contributed by atoms with Gasteiger partial charge in [0, 0.05) is 104 Å². The molecule has 2 N–H and O–H groups in total. The molecule has 0 aliphatic heterocycles. The van der Waals surface area contributed by atoms with Crippen LogP contribution in [0.25, 0.3) is 65.2 Å². The van der Waals surface area contributed by atoms with Crippen LogP contribution in [0.2, 0.25) is 0 Å². The van der Waals surface area contributed by atoms with Crippen molar-refractivity contribution in [1.82, 2.24) is 9.13 Å². The number of phenolic OH excluding ortho intramolecular Hbond substituents is 2. The van der Waals surface area contributed by atoms with Gasteiger partial charge in [-0.15, -0.1) is 0 Å². The Hall–Kier alpha value is -10.9. The summed E-state index contributed by atoms with van der Waals surface area (Å²) in [5.41, 5.74) is 7.52. The summed E-state index contributed by atoms with van der Waals surface area (Å²) in [5, 5.41) is 36.9. The predicted octanol–water partition coefficient (Wildman–Crippen LogP) is 14.2. The van der Waals surface area contributed by atoms with E-state index < -0.39 is 11.9 Å². The number of aromatic hydroxyl groups is 2. The quantitative estimate of drug-likeness (QED) is 0.0202. The molecular weight excluding hydrogens is 1140 g/mol. The van der Waals surface area contributed by atoms with Gasteiger partial charge in [-0.1, -0.05) is 107 Å². The second kappa shape index (κ2) is 26.2. The number of hydrogen-bond donors (Lipinski definition) is 2. The maximum Gasteiger partial charge on any atom is 0.332 e. The normalized spacial score (nSPS) is 12.0. The van der Waals surface area contributed by atoms with Gasteiger partial charge in [-0.3, -0.25) is 9.59 Å². The Kier molecular flexibility index (Phi) is 17.3. The fourth-order valence-corrected chi connectivity index (χ4v) is 11.8. The van der Waals surface area contributed by atoms with Gasteiger partial charge in [-0.2, -0.15) is 0 Å². The molecule has 2 aromatic heterocycles. The van der Waals surface area contributed by atoms with Crippen LogP contribution in [0.5, 0.6) is 23.0 Å². The van der Waals surface area contributed by atoms with Crippen LogP contribution in [0.1, 0.15) is 81.8 Å². The third kappa shape index (κ3) is 11.8. The van der Waals surface area contributed by atoms with Crippen LogP contribution in [-0.2, 0) is 41.8 Å². The molecule has 0 bridgehead atoms.